The quantitative estimate of drug-likeness (QED) is 0.137. The number of aromatic amines is 1. The zero-order valence-corrected chi connectivity index (χ0v) is 23.8. The number of hydrogen-bond donors (Lipinski definition) is 8. The second kappa shape index (κ2) is 14.5. The van der Waals surface area contributed by atoms with Gasteiger partial charge in [0.2, 0.25) is 17.7 Å². The van der Waals surface area contributed by atoms with Crippen molar-refractivity contribution in [2.75, 3.05) is 0 Å². The molecule has 0 aliphatic heterocycles. The van der Waals surface area contributed by atoms with E-state index in [4.69, 9.17) is 5.73 Å². The molecule has 1 heterocycles. The van der Waals surface area contributed by atoms with Gasteiger partial charge in [0.05, 0.1) is 12.1 Å². The monoisotopic (exact) mass is 581 g/mol. The van der Waals surface area contributed by atoms with Gasteiger partial charge in [0.1, 0.15) is 23.9 Å². The maximum absolute atomic E-state index is 13.4. The fourth-order valence-electron chi connectivity index (χ4n) is 4.57. The number of carboxylic acids is 1. The molecule has 0 saturated carbocycles. The number of aliphatic hydroxyl groups is 1. The summed E-state index contributed by atoms with van der Waals surface area (Å²) in [5.41, 5.74) is 8.51. The van der Waals surface area contributed by atoms with Crippen molar-refractivity contribution in [2.24, 2.45) is 11.7 Å². The number of para-hydroxylation sites is 1. The van der Waals surface area contributed by atoms with Crippen LogP contribution in [-0.4, -0.2) is 74.3 Å². The highest BCUT2D eigenvalue weighted by molar-refractivity contribution is 5.95. The summed E-state index contributed by atoms with van der Waals surface area (Å²) < 4.78 is 0. The van der Waals surface area contributed by atoms with E-state index >= 15 is 0 Å². The lowest BCUT2D eigenvalue weighted by Gasteiger charge is -2.29. The van der Waals surface area contributed by atoms with E-state index in [-0.39, 0.29) is 24.5 Å². The van der Waals surface area contributed by atoms with Crippen LogP contribution in [0, 0.1) is 5.92 Å². The van der Waals surface area contributed by atoms with Crippen molar-refractivity contribution in [3.05, 3.63) is 65.9 Å². The molecule has 0 saturated heterocycles. The number of carboxylic acid groups (broad SMARTS) is 1. The highest BCUT2D eigenvalue weighted by atomic mass is 16.4. The summed E-state index contributed by atoms with van der Waals surface area (Å²) in [6, 6.07) is 8.54. The van der Waals surface area contributed by atoms with Crippen LogP contribution >= 0.6 is 0 Å². The van der Waals surface area contributed by atoms with Crippen molar-refractivity contribution in [2.45, 2.75) is 70.3 Å². The van der Waals surface area contributed by atoms with Gasteiger partial charge in [-0.15, -0.1) is 0 Å². The lowest BCUT2D eigenvalue weighted by atomic mass is 9.96. The Bertz CT molecular complexity index is 1390. The van der Waals surface area contributed by atoms with E-state index in [1.165, 1.54) is 31.2 Å². The average molecular weight is 582 g/mol. The number of aliphatic carboxylic acids is 1. The number of amides is 3. The number of nitrogens with one attached hydrogen (secondary N) is 4. The van der Waals surface area contributed by atoms with Crippen LogP contribution in [-0.2, 0) is 32.0 Å². The molecule has 12 heteroatoms. The summed E-state index contributed by atoms with van der Waals surface area (Å²) in [5, 5.41) is 37.9. The van der Waals surface area contributed by atoms with Crippen molar-refractivity contribution in [1.29, 1.82) is 0 Å². The van der Waals surface area contributed by atoms with E-state index in [2.05, 4.69) is 20.9 Å². The molecule has 42 heavy (non-hydrogen) atoms. The van der Waals surface area contributed by atoms with Gasteiger partial charge < -0.3 is 42.0 Å². The summed E-state index contributed by atoms with van der Waals surface area (Å²) in [6.07, 6.45) is 1.04. The molecule has 2 aromatic carbocycles. The fourth-order valence-corrected chi connectivity index (χ4v) is 4.57. The number of carbonyl (C=O) groups excluding carboxylic acids is 3. The number of carbonyl (C=O) groups is 4. The summed E-state index contributed by atoms with van der Waals surface area (Å²) in [7, 11) is 0. The maximum Gasteiger partial charge on any atom is 0.326 e. The Labute approximate surface area is 243 Å². The molecule has 0 bridgehead atoms. The molecule has 3 aromatic rings. The fraction of sp³-hybridized carbons (Fsp3) is 0.400. The van der Waals surface area contributed by atoms with Gasteiger partial charge in [0.25, 0.3) is 0 Å². The number of fused-ring (bicyclic) bond motifs is 1. The highest BCUT2D eigenvalue weighted by Gasteiger charge is 2.34. The Hall–Kier alpha value is -4.42. The Morgan fingerprint density at radius 2 is 1.50 bits per heavy atom. The van der Waals surface area contributed by atoms with Gasteiger partial charge in [-0.2, -0.15) is 0 Å². The first-order valence-corrected chi connectivity index (χ1v) is 13.8. The van der Waals surface area contributed by atoms with Gasteiger partial charge in [-0.3, -0.25) is 14.4 Å². The molecule has 0 aliphatic rings. The number of aromatic hydroxyl groups is 1. The van der Waals surface area contributed by atoms with Gasteiger partial charge in [-0.05, 0) is 48.6 Å². The molecule has 0 aliphatic carbocycles. The van der Waals surface area contributed by atoms with Crippen LogP contribution in [0.3, 0.4) is 0 Å². The van der Waals surface area contributed by atoms with Gasteiger partial charge in [-0.1, -0.05) is 50.6 Å². The predicted molar refractivity (Wildman–Crippen MR) is 156 cm³/mol. The van der Waals surface area contributed by atoms with Gasteiger partial charge >= 0.3 is 5.97 Å². The Morgan fingerprint density at radius 1 is 0.881 bits per heavy atom. The van der Waals surface area contributed by atoms with E-state index in [0.29, 0.717) is 12.0 Å². The third-order valence-corrected chi connectivity index (χ3v) is 7.30. The van der Waals surface area contributed by atoms with Crippen LogP contribution in [0.4, 0.5) is 0 Å². The molecule has 6 unspecified atom stereocenters. The molecule has 0 fully saturated rings. The molecule has 0 radical (unpaired) electrons. The Balaban J connectivity index is 1.69. The first-order valence-electron chi connectivity index (χ1n) is 13.8. The van der Waals surface area contributed by atoms with Gasteiger partial charge in [0.15, 0.2) is 0 Å². The topological polar surface area (TPSA) is 207 Å². The van der Waals surface area contributed by atoms with E-state index in [1.807, 2.05) is 31.2 Å². The maximum atomic E-state index is 13.4. The van der Waals surface area contributed by atoms with Gasteiger partial charge in [0, 0.05) is 23.5 Å². The molecule has 0 spiro atoms. The second-order valence-corrected chi connectivity index (χ2v) is 10.5. The lowest BCUT2D eigenvalue weighted by molar-refractivity contribution is -0.143. The molecule has 12 nitrogen and oxygen atoms in total. The zero-order valence-electron chi connectivity index (χ0n) is 23.8. The van der Waals surface area contributed by atoms with E-state index in [1.54, 1.807) is 13.1 Å². The third-order valence-electron chi connectivity index (χ3n) is 7.30. The van der Waals surface area contributed by atoms with Crippen LogP contribution in [0.25, 0.3) is 10.9 Å². The number of H-pyrrole nitrogens is 1. The molecule has 6 atom stereocenters. The molecular weight excluding hydrogens is 542 g/mol. The zero-order chi connectivity index (χ0) is 31.0. The summed E-state index contributed by atoms with van der Waals surface area (Å²) >= 11 is 0. The first-order chi connectivity index (χ1) is 19.9. The summed E-state index contributed by atoms with van der Waals surface area (Å²) in [4.78, 5) is 54.5. The van der Waals surface area contributed by atoms with E-state index < -0.39 is 54.0 Å². The lowest BCUT2D eigenvalue weighted by Crippen LogP contribution is -2.61. The van der Waals surface area contributed by atoms with Gasteiger partial charge in [-0.25, -0.2) is 4.79 Å². The second-order valence-electron chi connectivity index (χ2n) is 10.5. The molecule has 3 rings (SSSR count). The normalized spacial score (nSPS) is 15.5. The summed E-state index contributed by atoms with van der Waals surface area (Å²) in [6.45, 7) is 4.88. The Kier molecular flexibility index (Phi) is 11.1. The minimum Gasteiger partial charge on any atom is -0.508 e. The standard InChI is InChI=1S/C30H39N5O7/c1-4-16(2)25(34-27(38)22(31)14-19-15-32-23-8-6-5-7-21(19)23)28(39)35-26(17(3)36)29(40)33-24(30(41)42)13-18-9-11-20(37)12-10-18/h5-12,15-17,22,24-26,32,36-37H,4,13-14,31H2,1-3H3,(H,33,40)(H,34,38)(H,35,39)(H,41,42). The third kappa shape index (κ3) is 8.30. The number of hydrogen-bond acceptors (Lipinski definition) is 7. The number of aromatic nitrogens is 1. The van der Waals surface area contributed by atoms with Crippen molar-refractivity contribution in [3.8, 4) is 5.75 Å². The average Bonchev–Trinajstić information content (AvgIpc) is 3.36. The van der Waals surface area contributed by atoms with Crippen molar-refractivity contribution >= 4 is 34.6 Å². The van der Waals surface area contributed by atoms with Crippen LogP contribution in [0.2, 0.25) is 0 Å². The number of benzene rings is 2. The molecule has 1 aromatic heterocycles. The molecule has 226 valence electrons. The number of aliphatic hydroxyl groups excluding tert-OH is 1. The van der Waals surface area contributed by atoms with E-state index in [0.717, 1.165) is 16.5 Å². The summed E-state index contributed by atoms with van der Waals surface area (Å²) in [5.74, 6) is -3.85. The van der Waals surface area contributed by atoms with Crippen molar-refractivity contribution in [3.63, 3.8) is 0 Å². The van der Waals surface area contributed by atoms with Crippen LogP contribution in [0.5, 0.6) is 5.75 Å². The van der Waals surface area contributed by atoms with Crippen LogP contribution < -0.4 is 21.7 Å². The SMILES string of the molecule is CCC(C)C(NC(=O)C(N)Cc1c[nH]c2ccccc12)C(=O)NC(C(=O)NC(Cc1ccc(O)cc1)C(=O)O)C(C)O. The predicted octanol–water partition coefficient (Wildman–Crippen LogP) is 0.952. The number of phenolic OH excluding ortho intramolecular Hbond substituents is 1. The van der Waals surface area contributed by atoms with Crippen molar-refractivity contribution < 1.29 is 34.5 Å². The molecule has 3 amide bonds. The van der Waals surface area contributed by atoms with Crippen LogP contribution in [0.15, 0.2) is 54.7 Å². The number of rotatable bonds is 14. The largest absolute Gasteiger partial charge is 0.508 e. The highest BCUT2D eigenvalue weighted by Crippen LogP contribution is 2.19. The minimum atomic E-state index is -1.50. The first kappa shape index (κ1) is 32.1. The van der Waals surface area contributed by atoms with E-state index in [9.17, 15) is 34.5 Å². The minimum absolute atomic E-state index is 0.00779. The molecular formula is C30H39N5O7. The molecule has 9 N–H and O–H groups in total. The smallest absolute Gasteiger partial charge is 0.326 e. The number of phenols is 1. The van der Waals surface area contributed by atoms with Crippen molar-refractivity contribution in [1.82, 2.24) is 20.9 Å². The number of nitrogens with two attached hydrogens (primary N) is 1. The Morgan fingerprint density at radius 3 is 2.12 bits per heavy atom. The van der Waals surface area contributed by atoms with Crippen LogP contribution in [0.1, 0.15) is 38.3 Å².